The maximum absolute atomic E-state index is 12.0. The lowest BCUT2D eigenvalue weighted by atomic mass is 9.90. The molecule has 2 rings (SSSR count). The Morgan fingerprint density at radius 3 is 3.10 bits per heavy atom. The van der Waals surface area contributed by atoms with Crippen molar-refractivity contribution in [3.63, 3.8) is 0 Å². The van der Waals surface area contributed by atoms with Gasteiger partial charge in [0.1, 0.15) is 5.75 Å². The fourth-order valence-corrected chi connectivity index (χ4v) is 2.59. The van der Waals surface area contributed by atoms with Crippen molar-refractivity contribution in [3.05, 3.63) is 29.8 Å². The topological polar surface area (TPSA) is 58.6 Å². The summed E-state index contributed by atoms with van der Waals surface area (Å²) >= 11 is 0. The Labute approximate surface area is 120 Å². The van der Waals surface area contributed by atoms with Crippen LogP contribution in [0.2, 0.25) is 0 Å². The van der Waals surface area contributed by atoms with Gasteiger partial charge in [-0.2, -0.15) is 0 Å². The molecular weight excluding hydrogens is 254 g/mol. The number of ether oxygens (including phenoxy) is 1. The van der Waals surface area contributed by atoms with E-state index in [4.69, 9.17) is 4.74 Å². The second kappa shape index (κ2) is 7.29. The third kappa shape index (κ3) is 3.97. The lowest BCUT2D eigenvalue weighted by Crippen LogP contribution is -2.33. The third-order valence-electron chi connectivity index (χ3n) is 3.67. The molecule has 2 atom stereocenters. The van der Waals surface area contributed by atoms with Crippen LogP contribution in [0.1, 0.15) is 44.1 Å². The Bertz CT molecular complexity index is 447. The summed E-state index contributed by atoms with van der Waals surface area (Å²) in [5, 5.41) is 12.4. The molecule has 1 aliphatic rings. The van der Waals surface area contributed by atoms with E-state index >= 15 is 0 Å². The zero-order chi connectivity index (χ0) is 14.4. The molecule has 1 aromatic rings. The molecule has 110 valence electrons. The zero-order valence-corrected chi connectivity index (χ0v) is 12.0. The van der Waals surface area contributed by atoms with Crippen LogP contribution >= 0.6 is 0 Å². The Hall–Kier alpha value is -1.55. The first-order valence-corrected chi connectivity index (χ1v) is 7.37. The quantitative estimate of drug-likeness (QED) is 0.838. The van der Waals surface area contributed by atoms with Crippen molar-refractivity contribution in [2.24, 2.45) is 0 Å². The van der Waals surface area contributed by atoms with Gasteiger partial charge in [-0.1, -0.05) is 31.5 Å². The van der Waals surface area contributed by atoms with E-state index in [-0.39, 0.29) is 11.8 Å². The highest BCUT2D eigenvalue weighted by atomic mass is 16.5. The summed E-state index contributed by atoms with van der Waals surface area (Å²) in [6, 6.07) is 7.90. The molecule has 0 fully saturated rings. The summed E-state index contributed by atoms with van der Waals surface area (Å²) in [7, 11) is 0. The van der Waals surface area contributed by atoms with E-state index in [2.05, 4.69) is 5.32 Å². The Morgan fingerprint density at radius 1 is 1.50 bits per heavy atom. The van der Waals surface area contributed by atoms with E-state index < -0.39 is 6.10 Å². The van der Waals surface area contributed by atoms with Gasteiger partial charge in [-0.05, 0) is 30.4 Å². The van der Waals surface area contributed by atoms with E-state index in [1.807, 2.05) is 31.2 Å². The van der Waals surface area contributed by atoms with Gasteiger partial charge in [0.05, 0.1) is 12.7 Å². The number of para-hydroxylation sites is 1. The first-order valence-electron chi connectivity index (χ1n) is 7.37. The van der Waals surface area contributed by atoms with E-state index in [0.29, 0.717) is 19.6 Å². The molecule has 2 unspecified atom stereocenters. The highest BCUT2D eigenvalue weighted by molar-refractivity contribution is 5.77. The number of hydrogen-bond acceptors (Lipinski definition) is 3. The van der Waals surface area contributed by atoms with Crippen LogP contribution in [0, 0.1) is 0 Å². The molecule has 20 heavy (non-hydrogen) atoms. The number of carbonyl (C=O) groups excluding carboxylic acids is 1. The molecule has 4 nitrogen and oxygen atoms in total. The fourth-order valence-electron chi connectivity index (χ4n) is 2.59. The number of benzene rings is 1. The maximum Gasteiger partial charge on any atom is 0.220 e. The molecule has 4 heteroatoms. The third-order valence-corrected chi connectivity index (χ3v) is 3.67. The lowest BCUT2D eigenvalue weighted by Gasteiger charge is -2.25. The summed E-state index contributed by atoms with van der Waals surface area (Å²) in [6.45, 7) is 3.02. The van der Waals surface area contributed by atoms with Crippen LogP contribution in [0.25, 0.3) is 0 Å². The molecule has 0 radical (unpaired) electrons. The van der Waals surface area contributed by atoms with Gasteiger partial charge < -0.3 is 15.2 Å². The van der Waals surface area contributed by atoms with Crippen molar-refractivity contribution in [3.8, 4) is 5.75 Å². The van der Waals surface area contributed by atoms with Gasteiger partial charge in [-0.3, -0.25) is 4.79 Å². The van der Waals surface area contributed by atoms with Gasteiger partial charge in [0.15, 0.2) is 0 Å². The molecule has 0 aliphatic carbocycles. The van der Waals surface area contributed by atoms with E-state index in [0.717, 1.165) is 30.6 Å². The summed E-state index contributed by atoms with van der Waals surface area (Å²) in [4.78, 5) is 12.0. The number of rotatable bonds is 6. The normalized spacial score (nSPS) is 18.8. The number of aliphatic hydroxyl groups excluding tert-OH is 1. The molecule has 1 aliphatic heterocycles. The van der Waals surface area contributed by atoms with Gasteiger partial charge in [-0.15, -0.1) is 0 Å². The molecule has 1 aromatic carbocycles. The van der Waals surface area contributed by atoms with E-state index in [1.165, 1.54) is 0 Å². The first kappa shape index (κ1) is 14.9. The molecule has 1 amide bonds. The average molecular weight is 277 g/mol. The van der Waals surface area contributed by atoms with Crippen LogP contribution in [-0.2, 0) is 4.79 Å². The van der Waals surface area contributed by atoms with E-state index in [1.54, 1.807) is 0 Å². The Kier molecular flexibility index (Phi) is 5.41. The molecule has 0 saturated heterocycles. The summed E-state index contributed by atoms with van der Waals surface area (Å²) in [5.74, 6) is 1.10. The first-order chi connectivity index (χ1) is 9.70. The van der Waals surface area contributed by atoms with Gasteiger partial charge in [0.2, 0.25) is 5.91 Å². The van der Waals surface area contributed by atoms with Gasteiger partial charge in [-0.25, -0.2) is 0 Å². The monoisotopic (exact) mass is 277 g/mol. The van der Waals surface area contributed by atoms with Crippen molar-refractivity contribution in [1.29, 1.82) is 0 Å². The standard InChI is InChI=1S/C16H23NO3/c1-2-5-13(18)11-17-16(19)10-12-8-9-20-15-7-4-3-6-14(12)15/h3-4,6-7,12-13,18H,2,5,8-11H2,1H3,(H,17,19). The molecule has 1 heterocycles. The highest BCUT2D eigenvalue weighted by Gasteiger charge is 2.23. The number of nitrogens with one attached hydrogen (secondary N) is 1. The van der Waals surface area contributed by atoms with Crippen LogP contribution in [0.15, 0.2) is 24.3 Å². The molecule has 0 spiro atoms. The number of aliphatic hydroxyl groups is 1. The van der Waals surface area contributed by atoms with Crippen LogP contribution in [-0.4, -0.2) is 30.3 Å². The minimum absolute atomic E-state index is 0.00172. The maximum atomic E-state index is 12.0. The number of amides is 1. The molecule has 2 N–H and O–H groups in total. The van der Waals surface area contributed by atoms with Crippen LogP contribution in [0.5, 0.6) is 5.75 Å². The second-order valence-corrected chi connectivity index (χ2v) is 5.32. The predicted molar refractivity (Wildman–Crippen MR) is 77.8 cm³/mol. The number of fused-ring (bicyclic) bond motifs is 1. The summed E-state index contributed by atoms with van der Waals surface area (Å²) in [5.41, 5.74) is 1.11. The minimum Gasteiger partial charge on any atom is -0.493 e. The fraction of sp³-hybridized carbons (Fsp3) is 0.562. The largest absolute Gasteiger partial charge is 0.493 e. The van der Waals surface area contributed by atoms with Gasteiger partial charge >= 0.3 is 0 Å². The number of hydrogen-bond donors (Lipinski definition) is 2. The van der Waals surface area contributed by atoms with Crippen molar-refractivity contribution in [2.45, 2.75) is 44.6 Å². The summed E-state index contributed by atoms with van der Waals surface area (Å²) in [6.07, 6.45) is 2.53. The van der Waals surface area contributed by atoms with Crippen LogP contribution < -0.4 is 10.1 Å². The molecule has 0 bridgehead atoms. The lowest BCUT2D eigenvalue weighted by molar-refractivity contribution is -0.122. The van der Waals surface area contributed by atoms with Crippen molar-refractivity contribution in [2.75, 3.05) is 13.2 Å². The molecular formula is C16H23NO3. The summed E-state index contributed by atoms with van der Waals surface area (Å²) < 4.78 is 5.59. The van der Waals surface area contributed by atoms with Gasteiger partial charge in [0, 0.05) is 13.0 Å². The Balaban J connectivity index is 1.86. The van der Waals surface area contributed by atoms with Crippen molar-refractivity contribution >= 4 is 5.91 Å². The predicted octanol–water partition coefficient (Wildman–Crippen LogP) is 2.22. The Morgan fingerprint density at radius 2 is 2.30 bits per heavy atom. The van der Waals surface area contributed by atoms with Crippen LogP contribution in [0.4, 0.5) is 0 Å². The molecule has 0 saturated carbocycles. The van der Waals surface area contributed by atoms with Crippen molar-refractivity contribution in [1.82, 2.24) is 5.32 Å². The van der Waals surface area contributed by atoms with Crippen LogP contribution in [0.3, 0.4) is 0 Å². The van der Waals surface area contributed by atoms with Crippen molar-refractivity contribution < 1.29 is 14.6 Å². The highest BCUT2D eigenvalue weighted by Crippen LogP contribution is 2.35. The van der Waals surface area contributed by atoms with Gasteiger partial charge in [0.25, 0.3) is 0 Å². The SMILES string of the molecule is CCCC(O)CNC(=O)CC1CCOc2ccccc21. The van der Waals surface area contributed by atoms with E-state index in [9.17, 15) is 9.90 Å². The minimum atomic E-state index is -0.439. The number of carbonyl (C=O) groups is 1. The second-order valence-electron chi connectivity index (χ2n) is 5.32. The average Bonchev–Trinajstić information content (AvgIpc) is 2.46. The smallest absolute Gasteiger partial charge is 0.220 e. The molecule has 0 aromatic heterocycles. The zero-order valence-electron chi connectivity index (χ0n) is 12.0.